The van der Waals surface area contributed by atoms with Gasteiger partial charge in [0.05, 0.1) is 6.61 Å². The number of aromatic nitrogens is 1. The Kier molecular flexibility index (Phi) is 5.55. The van der Waals surface area contributed by atoms with E-state index in [0.717, 1.165) is 25.8 Å². The van der Waals surface area contributed by atoms with E-state index in [1.807, 2.05) is 0 Å². The molecular formula is C14H23N3O3S. The van der Waals surface area contributed by atoms with Gasteiger partial charge in [0, 0.05) is 32.4 Å². The monoisotopic (exact) mass is 313 g/mol. The molecule has 1 fully saturated rings. The van der Waals surface area contributed by atoms with Gasteiger partial charge in [-0.15, -0.1) is 0 Å². The molecule has 6 nitrogen and oxygen atoms in total. The van der Waals surface area contributed by atoms with Gasteiger partial charge in [0.1, 0.15) is 10.7 Å². The predicted octanol–water partition coefficient (Wildman–Crippen LogP) is 1.70. The van der Waals surface area contributed by atoms with Crippen LogP contribution in [-0.4, -0.2) is 50.6 Å². The standard InChI is InChI=1S/C14H23N3O3S/c1-3-8-15-14-7-6-13(11-16-14)21(18,19)17(9-10-20-2)12-4-5-12/h6-7,11-12H,3-5,8-10H2,1-2H3,(H,15,16). The molecule has 0 spiro atoms. The maximum absolute atomic E-state index is 12.7. The summed E-state index contributed by atoms with van der Waals surface area (Å²) >= 11 is 0. The third-order valence-electron chi connectivity index (χ3n) is 3.37. The van der Waals surface area contributed by atoms with Crippen LogP contribution in [-0.2, 0) is 14.8 Å². The number of sulfonamides is 1. The van der Waals surface area contributed by atoms with E-state index in [-0.39, 0.29) is 10.9 Å². The maximum atomic E-state index is 12.7. The minimum Gasteiger partial charge on any atom is -0.383 e. The molecule has 0 unspecified atom stereocenters. The van der Waals surface area contributed by atoms with Crippen LogP contribution in [0.15, 0.2) is 23.2 Å². The van der Waals surface area contributed by atoms with E-state index in [2.05, 4.69) is 17.2 Å². The lowest BCUT2D eigenvalue weighted by atomic mass is 10.4. The highest BCUT2D eigenvalue weighted by atomic mass is 32.2. The van der Waals surface area contributed by atoms with E-state index in [0.29, 0.717) is 19.0 Å². The van der Waals surface area contributed by atoms with E-state index in [1.165, 1.54) is 10.5 Å². The van der Waals surface area contributed by atoms with Crippen LogP contribution in [0.4, 0.5) is 5.82 Å². The van der Waals surface area contributed by atoms with Gasteiger partial charge in [-0.25, -0.2) is 13.4 Å². The van der Waals surface area contributed by atoms with Crippen LogP contribution < -0.4 is 5.32 Å². The first-order valence-corrected chi connectivity index (χ1v) is 8.74. The van der Waals surface area contributed by atoms with Gasteiger partial charge in [-0.1, -0.05) is 6.92 Å². The SMILES string of the molecule is CCCNc1ccc(S(=O)(=O)N(CCOC)C2CC2)cn1. The van der Waals surface area contributed by atoms with E-state index in [4.69, 9.17) is 4.74 Å². The summed E-state index contributed by atoms with van der Waals surface area (Å²) in [6, 6.07) is 3.44. The average Bonchev–Trinajstić information content (AvgIpc) is 3.30. The Hall–Kier alpha value is -1.18. The number of nitrogens with zero attached hydrogens (tertiary/aromatic N) is 2. The summed E-state index contributed by atoms with van der Waals surface area (Å²) in [7, 11) is -1.91. The van der Waals surface area contributed by atoms with Crippen molar-refractivity contribution >= 4 is 15.8 Å². The Morgan fingerprint density at radius 3 is 2.71 bits per heavy atom. The minimum atomic E-state index is -3.48. The summed E-state index contributed by atoms with van der Waals surface area (Å²) in [4.78, 5) is 4.42. The molecule has 1 aromatic rings. The molecule has 21 heavy (non-hydrogen) atoms. The van der Waals surface area contributed by atoms with Crippen molar-refractivity contribution in [3.63, 3.8) is 0 Å². The van der Waals surface area contributed by atoms with Crippen LogP contribution >= 0.6 is 0 Å². The normalized spacial score (nSPS) is 15.4. The highest BCUT2D eigenvalue weighted by Crippen LogP contribution is 2.31. The van der Waals surface area contributed by atoms with Crippen LogP contribution in [0.2, 0.25) is 0 Å². The van der Waals surface area contributed by atoms with Crippen LogP contribution in [0.1, 0.15) is 26.2 Å². The summed E-state index contributed by atoms with van der Waals surface area (Å²) < 4.78 is 31.9. The molecule has 0 amide bonds. The van der Waals surface area contributed by atoms with E-state index < -0.39 is 10.0 Å². The summed E-state index contributed by atoms with van der Waals surface area (Å²) in [6.45, 7) is 3.68. The Labute approximate surface area is 126 Å². The summed E-state index contributed by atoms with van der Waals surface area (Å²) in [5.74, 6) is 0.700. The fraction of sp³-hybridized carbons (Fsp3) is 0.643. The lowest BCUT2D eigenvalue weighted by molar-refractivity contribution is 0.177. The number of ether oxygens (including phenoxy) is 1. The molecule has 0 aliphatic heterocycles. The van der Waals surface area contributed by atoms with Crippen molar-refractivity contribution in [1.29, 1.82) is 0 Å². The first kappa shape index (κ1) is 16.2. The Bertz CT molecular complexity index is 541. The molecule has 0 atom stereocenters. The van der Waals surface area contributed by atoms with E-state index >= 15 is 0 Å². The quantitative estimate of drug-likeness (QED) is 0.751. The van der Waals surface area contributed by atoms with Gasteiger partial charge < -0.3 is 10.1 Å². The maximum Gasteiger partial charge on any atom is 0.244 e. The fourth-order valence-electron chi connectivity index (χ4n) is 2.07. The molecular weight excluding hydrogens is 290 g/mol. The molecule has 1 heterocycles. The molecule has 2 rings (SSSR count). The molecule has 7 heteroatoms. The topological polar surface area (TPSA) is 71.5 Å². The van der Waals surface area contributed by atoms with Crippen molar-refractivity contribution in [2.75, 3.05) is 32.1 Å². The highest BCUT2D eigenvalue weighted by Gasteiger charge is 2.37. The van der Waals surface area contributed by atoms with Crippen molar-refractivity contribution in [3.8, 4) is 0 Å². The molecule has 1 saturated carbocycles. The number of anilines is 1. The number of rotatable bonds is 9. The zero-order chi connectivity index (χ0) is 15.3. The van der Waals surface area contributed by atoms with Crippen LogP contribution in [0.3, 0.4) is 0 Å². The molecule has 1 aliphatic rings. The van der Waals surface area contributed by atoms with Gasteiger partial charge in [-0.3, -0.25) is 0 Å². The smallest absolute Gasteiger partial charge is 0.244 e. The number of pyridine rings is 1. The third kappa shape index (κ3) is 4.15. The summed E-state index contributed by atoms with van der Waals surface area (Å²) in [5.41, 5.74) is 0. The molecule has 1 aliphatic carbocycles. The largest absolute Gasteiger partial charge is 0.383 e. The van der Waals surface area contributed by atoms with Crippen molar-refractivity contribution < 1.29 is 13.2 Å². The van der Waals surface area contributed by atoms with Crippen LogP contribution in [0, 0.1) is 0 Å². The van der Waals surface area contributed by atoms with Crippen molar-refractivity contribution in [2.45, 2.75) is 37.1 Å². The van der Waals surface area contributed by atoms with Crippen molar-refractivity contribution in [1.82, 2.24) is 9.29 Å². The number of nitrogens with one attached hydrogen (secondary N) is 1. The van der Waals surface area contributed by atoms with Gasteiger partial charge in [-0.2, -0.15) is 4.31 Å². The first-order chi connectivity index (χ1) is 10.1. The number of hydrogen-bond donors (Lipinski definition) is 1. The Balaban J connectivity index is 2.13. The molecule has 0 bridgehead atoms. The van der Waals surface area contributed by atoms with Gasteiger partial charge in [0.15, 0.2) is 0 Å². The van der Waals surface area contributed by atoms with E-state index in [9.17, 15) is 8.42 Å². The predicted molar refractivity (Wildman–Crippen MR) is 81.8 cm³/mol. The summed E-state index contributed by atoms with van der Waals surface area (Å²) in [5, 5.41) is 3.13. The fourth-order valence-corrected chi connectivity index (χ4v) is 3.68. The lowest BCUT2D eigenvalue weighted by Gasteiger charge is -2.21. The number of methoxy groups -OCH3 is 1. The molecule has 1 N–H and O–H groups in total. The van der Waals surface area contributed by atoms with Crippen LogP contribution in [0.5, 0.6) is 0 Å². The summed E-state index contributed by atoms with van der Waals surface area (Å²) in [6.07, 6.45) is 4.27. The zero-order valence-corrected chi connectivity index (χ0v) is 13.4. The second-order valence-electron chi connectivity index (χ2n) is 5.15. The van der Waals surface area contributed by atoms with Gasteiger partial charge >= 0.3 is 0 Å². The number of hydrogen-bond acceptors (Lipinski definition) is 5. The molecule has 0 radical (unpaired) electrons. The van der Waals surface area contributed by atoms with Crippen LogP contribution in [0.25, 0.3) is 0 Å². The lowest BCUT2D eigenvalue weighted by Crippen LogP contribution is -2.35. The van der Waals surface area contributed by atoms with Crippen molar-refractivity contribution in [2.24, 2.45) is 0 Å². The molecule has 0 aromatic carbocycles. The molecule has 1 aromatic heterocycles. The highest BCUT2D eigenvalue weighted by molar-refractivity contribution is 7.89. The average molecular weight is 313 g/mol. The Morgan fingerprint density at radius 1 is 1.43 bits per heavy atom. The third-order valence-corrected chi connectivity index (χ3v) is 5.30. The second-order valence-corrected chi connectivity index (χ2v) is 7.04. The first-order valence-electron chi connectivity index (χ1n) is 7.30. The minimum absolute atomic E-state index is 0.114. The van der Waals surface area contributed by atoms with Gasteiger partial charge in [0.25, 0.3) is 0 Å². The Morgan fingerprint density at radius 2 is 2.19 bits per heavy atom. The van der Waals surface area contributed by atoms with Gasteiger partial charge in [-0.05, 0) is 31.4 Å². The molecule has 0 saturated heterocycles. The van der Waals surface area contributed by atoms with Gasteiger partial charge in [0.2, 0.25) is 10.0 Å². The van der Waals surface area contributed by atoms with Crippen molar-refractivity contribution in [3.05, 3.63) is 18.3 Å². The second kappa shape index (κ2) is 7.20. The van der Waals surface area contributed by atoms with E-state index in [1.54, 1.807) is 19.2 Å². The zero-order valence-electron chi connectivity index (χ0n) is 12.6. The molecule has 118 valence electrons.